The molecule has 0 aliphatic heterocycles. The first-order valence-electron chi connectivity index (χ1n) is 23.8. The number of aryl methyl sites for hydroxylation is 3. The molecule has 5 aromatic carbocycles. The third-order valence-electron chi connectivity index (χ3n) is 12.1. The number of aromatic nitrogens is 4. The maximum atomic E-state index is 13.9. The summed E-state index contributed by atoms with van der Waals surface area (Å²) in [5, 5.41) is 4.83. The second-order valence-electron chi connectivity index (χ2n) is 17.4. The van der Waals surface area contributed by atoms with E-state index in [9.17, 15) is 4.39 Å². The van der Waals surface area contributed by atoms with Crippen molar-refractivity contribution in [3.05, 3.63) is 150 Å². The molecule has 9 heteroatoms. The monoisotopic (exact) mass is 1030 g/mol. The number of nitrogens with zero attached hydrogens (tertiary/aromatic N) is 4. The Bertz CT molecular complexity index is 3520. The molecule has 6 nitrogen and oxygen atoms in total. The predicted octanol–water partition coefficient (Wildman–Crippen LogP) is 14.0. The van der Waals surface area contributed by atoms with Crippen molar-refractivity contribution in [2.75, 3.05) is 0 Å². The Morgan fingerprint density at radius 3 is 2.44 bits per heavy atom. The topological polar surface area (TPSA) is 69.9 Å². The number of halogens is 1. The third-order valence-corrected chi connectivity index (χ3v) is 14.1. The first-order valence-corrected chi connectivity index (χ1v) is 24.8. The van der Waals surface area contributed by atoms with Crippen molar-refractivity contribution in [3.8, 4) is 28.3 Å². The average Bonchev–Trinajstić information content (AvgIpc) is 4.00. The molecule has 0 atom stereocenters. The maximum absolute atomic E-state index is 13.9. The SMILES string of the molecule is Cc1cc2c(oc3ccccc32)c(C)c1-n1c(-c2[c-]ccc3c2oc2nc(F)ccc23)nc2ccccc21.[2H]C([2H])([2H])c1c[c-]c(-c2cc(C([2H])([2H])C3CCCCC3)c([Si](C)(C)C)cn2)cc1.[Ir]. The van der Waals surface area contributed by atoms with Crippen LogP contribution in [0.1, 0.15) is 61.2 Å². The fourth-order valence-electron chi connectivity index (χ4n) is 9.08. The van der Waals surface area contributed by atoms with E-state index in [0.29, 0.717) is 28.2 Å². The molecule has 0 spiro atoms. The van der Waals surface area contributed by atoms with Gasteiger partial charge in [-0.2, -0.15) is 9.37 Å². The van der Waals surface area contributed by atoms with Crippen molar-refractivity contribution in [3.63, 3.8) is 0 Å². The van der Waals surface area contributed by atoms with Gasteiger partial charge in [0.25, 0.3) is 0 Å². The van der Waals surface area contributed by atoms with Crippen LogP contribution >= 0.6 is 0 Å². The van der Waals surface area contributed by atoms with E-state index in [1.807, 2.05) is 60.8 Å². The van der Waals surface area contributed by atoms with E-state index in [-0.39, 0.29) is 37.3 Å². The van der Waals surface area contributed by atoms with Crippen molar-refractivity contribution in [2.45, 2.75) is 78.8 Å². The van der Waals surface area contributed by atoms with Gasteiger partial charge in [0.15, 0.2) is 0 Å². The number of benzene rings is 5. The first kappa shape index (κ1) is 36.7. The van der Waals surface area contributed by atoms with E-state index in [0.717, 1.165) is 97.0 Å². The molecule has 0 bridgehead atoms. The molecule has 1 aliphatic rings. The minimum absolute atomic E-state index is 0. The van der Waals surface area contributed by atoms with Gasteiger partial charge >= 0.3 is 0 Å². The molecule has 1 radical (unpaired) electrons. The van der Waals surface area contributed by atoms with Gasteiger partial charge in [0.2, 0.25) is 11.7 Å². The molecule has 11 rings (SSSR count). The number of pyridine rings is 2. The van der Waals surface area contributed by atoms with E-state index < -0.39 is 27.2 Å². The number of furan rings is 2. The van der Waals surface area contributed by atoms with Crippen molar-refractivity contribution in [1.29, 1.82) is 0 Å². The van der Waals surface area contributed by atoms with E-state index in [1.54, 1.807) is 18.2 Å². The van der Waals surface area contributed by atoms with Crippen molar-refractivity contribution in [2.24, 2.45) is 5.92 Å². The molecule has 10 aromatic rings. The molecule has 1 aliphatic carbocycles. The number of imidazole rings is 1. The molecule has 1 saturated carbocycles. The number of para-hydroxylation sites is 3. The second kappa shape index (κ2) is 17.1. The Hall–Kier alpha value is -5.73. The van der Waals surface area contributed by atoms with Crippen molar-refractivity contribution >= 4 is 68.3 Å². The summed E-state index contributed by atoms with van der Waals surface area (Å²) in [5.41, 5.74) is 10.5. The summed E-state index contributed by atoms with van der Waals surface area (Å²) in [6, 6.07) is 38.2. The molecule has 5 heterocycles. The molecule has 319 valence electrons. The summed E-state index contributed by atoms with van der Waals surface area (Å²) < 4.78 is 69.2. The standard InChI is InChI=1S/C32H19FN3O2.C22H30NSi.Ir/c1-17-16-23-19-8-3-6-13-26(19)37-29(23)18(2)28(17)36-25-12-5-4-11-24(25)34-31(36)22-10-7-9-20-21-14-15-27(33)35-32(21)38-30(20)22;1-17-10-12-19(13-11-17)21-15-20(14-18-8-6-5-7-9-18)22(16-23-21)24(2,3)4;/h3-9,11-16H,1-2H3;10-12,15-16,18H,5-9,14H2,1-4H3;/q2*-1;/i;1D3,14D2;. The van der Waals surface area contributed by atoms with Gasteiger partial charge in [-0.15, -0.1) is 53.6 Å². The Labute approximate surface area is 389 Å². The van der Waals surface area contributed by atoms with Crippen LogP contribution < -0.4 is 5.19 Å². The molecule has 5 aromatic heterocycles. The van der Waals surface area contributed by atoms with Crippen LogP contribution in [0.2, 0.25) is 19.6 Å². The van der Waals surface area contributed by atoms with Gasteiger partial charge in [-0.1, -0.05) is 112 Å². The van der Waals surface area contributed by atoms with E-state index in [2.05, 4.69) is 78.4 Å². The average molecular weight is 1030 g/mol. The minimum atomic E-state index is -2.16. The zero-order valence-corrected chi connectivity index (χ0v) is 39.2. The summed E-state index contributed by atoms with van der Waals surface area (Å²) in [4.78, 5) is 13.6. The van der Waals surface area contributed by atoms with Crippen LogP contribution in [0.3, 0.4) is 0 Å². The Kier molecular flexibility index (Phi) is 9.96. The summed E-state index contributed by atoms with van der Waals surface area (Å²) in [6.07, 6.45) is 5.68. The summed E-state index contributed by atoms with van der Waals surface area (Å²) in [7, 11) is -1.80. The van der Waals surface area contributed by atoms with Gasteiger partial charge in [-0.05, 0) is 79.0 Å². The summed E-state index contributed by atoms with van der Waals surface area (Å²) >= 11 is 0. The largest absolute Gasteiger partial charge is 0.486 e. The molecular formula is C54H49FIrN4O2Si-2. The molecule has 0 N–H and O–H groups in total. The summed E-state index contributed by atoms with van der Waals surface area (Å²) in [6.45, 7) is 8.71. The van der Waals surface area contributed by atoms with Crippen LogP contribution in [-0.4, -0.2) is 27.6 Å². The molecule has 1 fully saturated rings. The zero-order valence-electron chi connectivity index (χ0n) is 40.8. The Morgan fingerprint density at radius 1 is 0.841 bits per heavy atom. The first-order chi connectivity index (χ1) is 32.0. The Morgan fingerprint density at radius 2 is 1.65 bits per heavy atom. The fourth-order valence-corrected chi connectivity index (χ4v) is 10.5. The number of fused-ring (bicyclic) bond motifs is 7. The van der Waals surface area contributed by atoms with Crippen molar-refractivity contribution < 1.29 is 40.2 Å². The Balaban J connectivity index is 0.000000174. The zero-order chi connectivity index (χ0) is 47.0. The van der Waals surface area contributed by atoms with Crippen LogP contribution in [0.15, 0.2) is 118 Å². The summed E-state index contributed by atoms with van der Waals surface area (Å²) in [5.74, 6) is 0.126. The second-order valence-corrected chi connectivity index (χ2v) is 22.5. The van der Waals surface area contributed by atoms with Crippen LogP contribution in [0.5, 0.6) is 0 Å². The minimum Gasteiger partial charge on any atom is -0.486 e. The molecular weight excluding hydrogens is 976 g/mol. The van der Waals surface area contributed by atoms with Gasteiger partial charge in [0.05, 0.1) is 30.5 Å². The molecule has 0 saturated heterocycles. The van der Waals surface area contributed by atoms with Crippen LogP contribution in [0.4, 0.5) is 4.39 Å². The smallest absolute Gasteiger partial charge is 0.218 e. The molecule has 63 heavy (non-hydrogen) atoms. The number of rotatable bonds is 6. The van der Waals surface area contributed by atoms with E-state index >= 15 is 0 Å². The quantitative estimate of drug-likeness (QED) is 0.0943. The normalized spacial score (nSPS) is 15.1. The van der Waals surface area contributed by atoms with Gasteiger partial charge < -0.3 is 18.4 Å². The fraction of sp³-hybridized carbons (Fsp3) is 0.241. The van der Waals surface area contributed by atoms with Gasteiger partial charge in [0.1, 0.15) is 11.2 Å². The van der Waals surface area contributed by atoms with Crippen LogP contribution in [0.25, 0.3) is 83.4 Å². The van der Waals surface area contributed by atoms with Gasteiger partial charge in [0, 0.05) is 60.6 Å². The molecule has 0 unspecified atom stereocenters. The van der Waals surface area contributed by atoms with Gasteiger partial charge in [-0.3, -0.25) is 4.98 Å². The predicted molar refractivity (Wildman–Crippen MR) is 254 cm³/mol. The number of hydrogen-bond acceptors (Lipinski definition) is 5. The van der Waals surface area contributed by atoms with Crippen LogP contribution in [-0.2, 0) is 26.5 Å². The number of hydrogen-bond donors (Lipinski definition) is 0. The van der Waals surface area contributed by atoms with E-state index in [4.69, 9.17) is 20.7 Å². The maximum Gasteiger partial charge on any atom is 0.218 e. The van der Waals surface area contributed by atoms with Gasteiger partial charge in [-0.25, -0.2) is 0 Å². The van der Waals surface area contributed by atoms with Crippen molar-refractivity contribution in [1.82, 2.24) is 19.5 Å². The third kappa shape index (κ3) is 7.96. The van der Waals surface area contributed by atoms with Crippen LogP contribution in [0, 0.1) is 44.7 Å². The van der Waals surface area contributed by atoms with E-state index in [1.165, 1.54) is 18.6 Å². The molecule has 0 amide bonds.